The Bertz CT molecular complexity index is 742. The van der Waals surface area contributed by atoms with Crippen LogP contribution >= 0.6 is 0 Å². The zero-order chi connectivity index (χ0) is 17.9. The van der Waals surface area contributed by atoms with Gasteiger partial charge in [0.05, 0.1) is 11.7 Å². The Morgan fingerprint density at radius 1 is 1.04 bits per heavy atom. The number of aliphatic hydroxyl groups is 1. The van der Waals surface area contributed by atoms with Gasteiger partial charge < -0.3 is 14.9 Å². The van der Waals surface area contributed by atoms with Gasteiger partial charge in [-0.15, -0.1) is 0 Å². The number of hydrogen-bond donors (Lipinski definition) is 1. The van der Waals surface area contributed by atoms with Crippen LogP contribution in [0.3, 0.4) is 0 Å². The number of pyridine rings is 1. The van der Waals surface area contributed by atoms with Crippen LogP contribution in [-0.2, 0) is 0 Å². The molecule has 0 radical (unpaired) electrons. The topological polar surface area (TPSA) is 56.7 Å². The molecule has 1 amide bonds. The fraction of sp³-hybridized carbons (Fsp3) is 0.429. The Morgan fingerprint density at radius 3 is 2.54 bits per heavy atom. The van der Waals surface area contributed by atoms with Gasteiger partial charge in [-0.2, -0.15) is 0 Å². The lowest BCUT2D eigenvalue weighted by molar-refractivity contribution is 0.0760. The molecule has 2 aromatic rings. The van der Waals surface area contributed by atoms with E-state index >= 15 is 0 Å². The number of carbonyl (C=O) groups is 1. The molecule has 2 saturated heterocycles. The Balaban J connectivity index is 1.39. The second kappa shape index (κ2) is 7.46. The molecular weight excluding hydrogens is 326 g/mol. The van der Waals surface area contributed by atoms with Gasteiger partial charge in [-0.1, -0.05) is 30.3 Å². The van der Waals surface area contributed by atoms with Gasteiger partial charge in [0.15, 0.2) is 0 Å². The van der Waals surface area contributed by atoms with Crippen LogP contribution in [0.5, 0.6) is 0 Å². The normalized spacial score (nSPS) is 21.2. The molecule has 5 heteroatoms. The molecular formula is C21H25N3O2. The highest BCUT2D eigenvalue weighted by Crippen LogP contribution is 2.28. The van der Waals surface area contributed by atoms with Gasteiger partial charge in [-0.3, -0.25) is 4.79 Å². The minimum atomic E-state index is -0.257. The predicted octanol–water partition coefficient (Wildman–Crippen LogP) is 2.67. The third-order valence-corrected chi connectivity index (χ3v) is 5.47. The van der Waals surface area contributed by atoms with Crippen molar-refractivity contribution in [1.82, 2.24) is 9.88 Å². The number of anilines is 1. The van der Waals surface area contributed by atoms with E-state index < -0.39 is 0 Å². The zero-order valence-electron chi connectivity index (χ0n) is 14.9. The molecule has 0 spiro atoms. The Kier molecular flexibility index (Phi) is 4.89. The van der Waals surface area contributed by atoms with E-state index in [4.69, 9.17) is 0 Å². The summed E-state index contributed by atoms with van der Waals surface area (Å²) >= 11 is 0. The van der Waals surface area contributed by atoms with E-state index in [-0.39, 0.29) is 12.0 Å². The number of amides is 1. The Labute approximate surface area is 154 Å². The summed E-state index contributed by atoms with van der Waals surface area (Å²) in [6, 6.07) is 14.3. The standard InChI is InChI=1S/C21H25N3O2/c25-19-14-24(15-19)20-9-8-18(13-22-20)21(26)23-11-4-7-17(10-12-23)16-5-2-1-3-6-16/h1-3,5-6,8-9,13,17,19,25H,4,7,10-12,14-15H2. The van der Waals surface area contributed by atoms with Gasteiger partial charge in [0.1, 0.15) is 5.82 Å². The van der Waals surface area contributed by atoms with Crippen molar-refractivity contribution in [3.8, 4) is 0 Å². The number of nitrogens with zero attached hydrogens (tertiary/aromatic N) is 3. The number of β-amino-alcohol motifs (C(OH)–C–C–N with tert-alkyl or cyclic N) is 1. The van der Waals surface area contributed by atoms with E-state index in [2.05, 4.69) is 29.2 Å². The van der Waals surface area contributed by atoms with Crippen LogP contribution in [0.2, 0.25) is 0 Å². The highest BCUT2D eigenvalue weighted by molar-refractivity contribution is 5.94. The quantitative estimate of drug-likeness (QED) is 0.924. The van der Waals surface area contributed by atoms with E-state index in [1.54, 1.807) is 6.20 Å². The maximum absolute atomic E-state index is 12.8. The second-order valence-corrected chi connectivity index (χ2v) is 7.29. The summed E-state index contributed by atoms with van der Waals surface area (Å²) in [4.78, 5) is 21.2. The number of likely N-dealkylation sites (tertiary alicyclic amines) is 1. The molecule has 136 valence electrons. The van der Waals surface area contributed by atoms with Crippen molar-refractivity contribution in [2.45, 2.75) is 31.3 Å². The zero-order valence-corrected chi connectivity index (χ0v) is 14.9. The summed E-state index contributed by atoms with van der Waals surface area (Å²) in [6.45, 7) is 2.83. The molecule has 4 rings (SSSR count). The lowest BCUT2D eigenvalue weighted by Crippen LogP contribution is -2.51. The molecule has 1 aromatic carbocycles. The monoisotopic (exact) mass is 351 g/mol. The molecule has 26 heavy (non-hydrogen) atoms. The van der Waals surface area contributed by atoms with Crippen molar-refractivity contribution in [2.75, 3.05) is 31.1 Å². The summed E-state index contributed by atoms with van der Waals surface area (Å²) in [5, 5.41) is 9.39. The first-order valence-corrected chi connectivity index (χ1v) is 9.44. The lowest BCUT2D eigenvalue weighted by Gasteiger charge is -2.36. The average molecular weight is 351 g/mol. The van der Waals surface area contributed by atoms with Gasteiger partial charge in [-0.05, 0) is 42.9 Å². The van der Waals surface area contributed by atoms with E-state index in [0.29, 0.717) is 24.6 Å². The highest BCUT2D eigenvalue weighted by Gasteiger charge is 2.26. The number of rotatable bonds is 3. The first-order valence-electron chi connectivity index (χ1n) is 9.44. The molecule has 2 fully saturated rings. The molecule has 1 N–H and O–H groups in total. The number of aliphatic hydroxyl groups excluding tert-OH is 1. The summed E-state index contributed by atoms with van der Waals surface area (Å²) in [5.74, 6) is 1.43. The van der Waals surface area contributed by atoms with Crippen LogP contribution in [0.25, 0.3) is 0 Å². The summed E-state index contributed by atoms with van der Waals surface area (Å²) < 4.78 is 0. The van der Waals surface area contributed by atoms with Crippen LogP contribution in [0.1, 0.15) is 41.1 Å². The number of carbonyl (C=O) groups excluding carboxylic acids is 1. The second-order valence-electron chi connectivity index (χ2n) is 7.29. The van der Waals surface area contributed by atoms with E-state index in [9.17, 15) is 9.90 Å². The molecule has 2 aliphatic rings. The maximum Gasteiger partial charge on any atom is 0.255 e. The van der Waals surface area contributed by atoms with Crippen molar-refractivity contribution >= 4 is 11.7 Å². The van der Waals surface area contributed by atoms with Crippen molar-refractivity contribution < 1.29 is 9.90 Å². The summed E-state index contributed by atoms with van der Waals surface area (Å²) in [6.07, 6.45) is 4.58. The van der Waals surface area contributed by atoms with Crippen LogP contribution in [0.15, 0.2) is 48.7 Å². The van der Waals surface area contributed by atoms with E-state index in [0.717, 1.165) is 38.2 Å². The largest absolute Gasteiger partial charge is 0.389 e. The summed E-state index contributed by atoms with van der Waals surface area (Å²) in [5.41, 5.74) is 2.03. The van der Waals surface area contributed by atoms with Gasteiger partial charge in [0.25, 0.3) is 5.91 Å². The van der Waals surface area contributed by atoms with Crippen LogP contribution in [0.4, 0.5) is 5.82 Å². The fourth-order valence-electron chi connectivity index (χ4n) is 3.88. The number of aromatic nitrogens is 1. The van der Waals surface area contributed by atoms with Gasteiger partial charge in [0, 0.05) is 32.4 Å². The fourth-order valence-corrected chi connectivity index (χ4v) is 3.88. The number of hydrogen-bond acceptors (Lipinski definition) is 4. The Hall–Kier alpha value is -2.40. The van der Waals surface area contributed by atoms with Crippen LogP contribution < -0.4 is 4.90 Å². The van der Waals surface area contributed by atoms with Crippen molar-refractivity contribution in [1.29, 1.82) is 0 Å². The van der Waals surface area contributed by atoms with Crippen LogP contribution in [-0.4, -0.2) is 53.2 Å². The van der Waals surface area contributed by atoms with Gasteiger partial charge >= 0.3 is 0 Å². The molecule has 3 heterocycles. The SMILES string of the molecule is O=C(c1ccc(N2CC(O)C2)nc1)N1CCCC(c2ccccc2)CC1. The minimum Gasteiger partial charge on any atom is -0.389 e. The first-order chi connectivity index (χ1) is 12.7. The lowest BCUT2D eigenvalue weighted by atomic mass is 9.92. The third-order valence-electron chi connectivity index (χ3n) is 5.47. The molecule has 1 atom stereocenters. The molecule has 1 aromatic heterocycles. The highest BCUT2D eigenvalue weighted by atomic mass is 16.3. The summed E-state index contributed by atoms with van der Waals surface area (Å²) in [7, 11) is 0. The van der Waals surface area contributed by atoms with E-state index in [1.807, 2.05) is 28.0 Å². The molecule has 0 aliphatic carbocycles. The third kappa shape index (κ3) is 3.58. The molecule has 0 bridgehead atoms. The maximum atomic E-state index is 12.8. The van der Waals surface area contributed by atoms with E-state index in [1.165, 1.54) is 5.56 Å². The smallest absolute Gasteiger partial charge is 0.255 e. The van der Waals surface area contributed by atoms with Gasteiger partial charge in [0.2, 0.25) is 0 Å². The average Bonchev–Trinajstić information content (AvgIpc) is 2.92. The van der Waals surface area contributed by atoms with Crippen LogP contribution in [0, 0.1) is 0 Å². The predicted molar refractivity (Wildman–Crippen MR) is 101 cm³/mol. The molecule has 0 saturated carbocycles. The van der Waals surface area contributed by atoms with Crippen molar-refractivity contribution in [3.63, 3.8) is 0 Å². The molecule has 1 unspecified atom stereocenters. The first kappa shape index (κ1) is 17.0. The molecule has 5 nitrogen and oxygen atoms in total. The molecule has 2 aliphatic heterocycles. The number of benzene rings is 1. The van der Waals surface area contributed by atoms with Gasteiger partial charge in [-0.25, -0.2) is 4.98 Å². The Morgan fingerprint density at radius 2 is 1.85 bits per heavy atom. The minimum absolute atomic E-state index is 0.0707. The van der Waals surface area contributed by atoms with Crippen molar-refractivity contribution in [2.24, 2.45) is 0 Å². The van der Waals surface area contributed by atoms with Crippen molar-refractivity contribution in [3.05, 3.63) is 59.8 Å².